The van der Waals surface area contributed by atoms with Crippen LogP contribution in [0, 0.1) is 0 Å². The maximum atomic E-state index is 12.5. The minimum atomic E-state index is -0.129. The SMILES string of the molecule is CCC[NH+](CC(=O)Nc1ccc(C(=O)N(C)C)cc1)Cc1nnc(-c2ccco2)o1. The molecule has 0 aliphatic heterocycles. The number of anilines is 1. The van der Waals surface area contributed by atoms with Gasteiger partial charge in [-0.2, -0.15) is 0 Å². The smallest absolute Gasteiger partial charge is 0.283 e. The van der Waals surface area contributed by atoms with Crippen molar-refractivity contribution in [2.45, 2.75) is 19.9 Å². The molecule has 0 aliphatic carbocycles. The van der Waals surface area contributed by atoms with Crippen LogP contribution in [0.25, 0.3) is 11.7 Å². The van der Waals surface area contributed by atoms with Crippen LogP contribution in [0.5, 0.6) is 0 Å². The number of aromatic nitrogens is 2. The molecule has 1 atom stereocenters. The first kappa shape index (κ1) is 21.3. The summed E-state index contributed by atoms with van der Waals surface area (Å²) < 4.78 is 10.9. The van der Waals surface area contributed by atoms with Gasteiger partial charge < -0.3 is 24.0 Å². The topological polar surface area (TPSA) is 106 Å². The highest BCUT2D eigenvalue weighted by Crippen LogP contribution is 2.17. The van der Waals surface area contributed by atoms with Gasteiger partial charge in [0.15, 0.2) is 18.8 Å². The van der Waals surface area contributed by atoms with Crippen LogP contribution in [0.1, 0.15) is 29.6 Å². The number of hydrogen-bond donors (Lipinski definition) is 2. The Morgan fingerprint density at radius 1 is 1.13 bits per heavy atom. The second-order valence-corrected chi connectivity index (χ2v) is 7.16. The molecule has 3 aromatic rings. The van der Waals surface area contributed by atoms with Gasteiger partial charge in [-0.05, 0) is 42.8 Å². The number of carbonyl (C=O) groups excluding carboxylic acids is 2. The van der Waals surface area contributed by atoms with Crippen molar-refractivity contribution in [1.29, 1.82) is 0 Å². The summed E-state index contributed by atoms with van der Waals surface area (Å²) in [4.78, 5) is 27.0. The third kappa shape index (κ3) is 5.54. The highest BCUT2D eigenvalue weighted by atomic mass is 16.4. The predicted octanol–water partition coefficient (Wildman–Crippen LogP) is 1.47. The fourth-order valence-electron chi connectivity index (χ4n) is 3.02. The fraction of sp³-hybridized carbons (Fsp3) is 0.333. The monoisotopic (exact) mass is 412 g/mol. The van der Waals surface area contributed by atoms with E-state index in [0.717, 1.165) is 17.9 Å². The Labute approximate surface area is 174 Å². The molecule has 0 bridgehead atoms. The molecular formula is C21H26N5O4+. The summed E-state index contributed by atoms with van der Waals surface area (Å²) in [6, 6.07) is 10.3. The summed E-state index contributed by atoms with van der Waals surface area (Å²) in [5, 5.41) is 10.9. The lowest BCUT2D eigenvalue weighted by Crippen LogP contribution is -3.11. The number of benzene rings is 1. The van der Waals surface area contributed by atoms with Crippen LogP contribution < -0.4 is 10.2 Å². The Balaban J connectivity index is 1.58. The van der Waals surface area contributed by atoms with Crippen molar-refractivity contribution in [3.63, 3.8) is 0 Å². The van der Waals surface area contributed by atoms with E-state index in [9.17, 15) is 9.59 Å². The molecule has 0 saturated heterocycles. The first-order valence-corrected chi connectivity index (χ1v) is 9.77. The largest absolute Gasteiger partial charge is 0.459 e. The van der Waals surface area contributed by atoms with Crippen LogP contribution in [0.2, 0.25) is 0 Å². The molecule has 9 nitrogen and oxygen atoms in total. The molecular weight excluding hydrogens is 386 g/mol. The van der Waals surface area contributed by atoms with E-state index in [0.29, 0.717) is 35.3 Å². The molecule has 2 aromatic heterocycles. The molecule has 0 radical (unpaired) electrons. The van der Waals surface area contributed by atoms with Gasteiger partial charge in [-0.15, -0.1) is 10.2 Å². The molecule has 0 fully saturated rings. The number of rotatable bonds is 9. The minimum absolute atomic E-state index is 0.0834. The Hall–Kier alpha value is -3.46. The van der Waals surface area contributed by atoms with Gasteiger partial charge in [-0.1, -0.05) is 6.92 Å². The average Bonchev–Trinajstić information content (AvgIpc) is 3.40. The van der Waals surface area contributed by atoms with Crippen molar-refractivity contribution in [2.24, 2.45) is 0 Å². The molecule has 0 spiro atoms. The van der Waals surface area contributed by atoms with E-state index in [1.54, 1.807) is 56.8 Å². The number of quaternary nitrogens is 1. The lowest BCUT2D eigenvalue weighted by atomic mass is 10.2. The number of nitrogens with zero attached hydrogens (tertiary/aromatic N) is 3. The second-order valence-electron chi connectivity index (χ2n) is 7.16. The van der Waals surface area contributed by atoms with Crippen LogP contribution >= 0.6 is 0 Å². The number of nitrogens with one attached hydrogen (secondary N) is 2. The lowest BCUT2D eigenvalue weighted by Gasteiger charge is -2.16. The standard InChI is InChI=1S/C21H25N5O4/c1-4-11-26(14-19-23-24-20(30-19)17-6-5-12-29-17)13-18(27)22-16-9-7-15(8-10-16)21(28)25(2)3/h5-10,12H,4,11,13-14H2,1-3H3,(H,22,27)/p+1. The fourth-order valence-corrected chi connectivity index (χ4v) is 3.02. The van der Waals surface area contributed by atoms with Gasteiger partial charge in [0.05, 0.1) is 12.8 Å². The molecule has 1 aromatic carbocycles. The summed E-state index contributed by atoms with van der Waals surface area (Å²) in [7, 11) is 3.40. The highest BCUT2D eigenvalue weighted by Gasteiger charge is 2.19. The number of amides is 2. The van der Waals surface area contributed by atoms with Crippen molar-refractivity contribution < 1.29 is 23.3 Å². The van der Waals surface area contributed by atoms with Crippen LogP contribution in [0.15, 0.2) is 51.5 Å². The van der Waals surface area contributed by atoms with Crippen molar-refractivity contribution in [2.75, 3.05) is 32.5 Å². The summed E-state index contributed by atoms with van der Waals surface area (Å²) in [5.41, 5.74) is 1.21. The van der Waals surface area contributed by atoms with Gasteiger partial charge in [0, 0.05) is 25.3 Å². The second kappa shape index (κ2) is 9.84. The third-order valence-corrected chi connectivity index (χ3v) is 4.44. The zero-order chi connectivity index (χ0) is 21.5. The molecule has 0 aliphatic rings. The zero-order valence-corrected chi connectivity index (χ0v) is 17.3. The van der Waals surface area contributed by atoms with Crippen LogP contribution in [-0.2, 0) is 11.3 Å². The van der Waals surface area contributed by atoms with Crippen LogP contribution in [0.3, 0.4) is 0 Å². The highest BCUT2D eigenvalue weighted by molar-refractivity contribution is 5.95. The van der Waals surface area contributed by atoms with E-state index < -0.39 is 0 Å². The predicted molar refractivity (Wildman–Crippen MR) is 110 cm³/mol. The maximum Gasteiger partial charge on any atom is 0.283 e. The molecule has 1 unspecified atom stereocenters. The Bertz CT molecular complexity index is 964. The van der Waals surface area contributed by atoms with Gasteiger partial charge in [0.2, 0.25) is 0 Å². The first-order valence-electron chi connectivity index (χ1n) is 9.77. The molecule has 30 heavy (non-hydrogen) atoms. The van der Waals surface area contributed by atoms with Gasteiger partial charge in [-0.25, -0.2) is 0 Å². The van der Waals surface area contributed by atoms with E-state index >= 15 is 0 Å². The summed E-state index contributed by atoms with van der Waals surface area (Å²) >= 11 is 0. The molecule has 158 valence electrons. The van der Waals surface area contributed by atoms with Crippen LogP contribution in [0.4, 0.5) is 5.69 Å². The Morgan fingerprint density at radius 3 is 2.53 bits per heavy atom. The van der Waals surface area contributed by atoms with E-state index in [1.807, 2.05) is 0 Å². The Morgan fingerprint density at radius 2 is 1.90 bits per heavy atom. The lowest BCUT2D eigenvalue weighted by molar-refractivity contribution is -0.907. The molecule has 0 saturated carbocycles. The van der Waals surface area contributed by atoms with E-state index in [-0.39, 0.29) is 18.4 Å². The summed E-state index contributed by atoms with van der Waals surface area (Å²) in [5.74, 6) is 1.07. The van der Waals surface area contributed by atoms with Gasteiger partial charge >= 0.3 is 0 Å². The van der Waals surface area contributed by atoms with Gasteiger partial charge in [-0.3, -0.25) is 9.59 Å². The van der Waals surface area contributed by atoms with E-state index in [1.165, 1.54) is 4.90 Å². The molecule has 3 rings (SSSR count). The quantitative estimate of drug-likeness (QED) is 0.551. The van der Waals surface area contributed by atoms with E-state index in [2.05, 4.69) is 22.4 Å². The number of hydrogen-bond acceptors (Lipinski definition) is 6. The van der Waals surface area contributed by atoms with E-state index in [4.69, 9.17) is 8.83 Å². The summed E-state index contributed by atoms with van der Waals surface area (Å²) in [6.07, 6.45) is 2.45. The van der Waals surface area contributed by atoms with Gasteiger partial charge in [0.25, 0.3) is 23.6 Å². The average molecular weight is 412 g/mol. The van der Waals surface area contributed by atoms with Crippen molar-refractivity contribution in [3.05, 3.63) is 54.1 Å². The molecule has 9 heteroatoms. The molecule has 2 amide bonds. The molecule has 2 heterocycles. The molecule has 2 N–H and O–H groups in total. The maximum absolute atomic E-state index is 12.5. The van der Waals surface area contributed by atoms with Gasteiger partial charge in [0.1, 0.15) is 0 Å². The zero-order valence-electron chi connectivity index (χ0n) is 17.3. The van der Waals surface area contributed by atoms with Crippen molar-refractivity contribution in [1.82, 2.24) is 15.1 Å². The van der Waals surface area contributed by atoms with Crippen molar-refractivity contribution in [3.8, 4) is 11.7 Å². The normalized spacial score (nSPS) is 11.8. The van der Waals surface area contributed by atoms with Crippen LogP contribution in [-0.4, -0.2) is 54.1 Å². The number of carbonyl (C=O) groups is 2. The number of furan rings is 1. The first-order chi connectivity index (χ1) is 14.5. The summed E-state index contributed by atoms with van der Waals surface area (Å²) in [6.45, 7) is 3.53. The van der Waals surface area contributed by atoms with Crippen molar-refractivity contribution >= 4 is 17.5 Å². The Kier molecular flexibility index (Phi) is 6.97. The third-order valence-electron chi connectivity index (χ3n) is 4.44. The minimum Gasteiger partial charge on any atom is -0.459 e.